The van der Waals surface area contributed by atoms with E-state index in [2.05, 4.69) is 15.9 Å². The zero-order valence-corrected chi connectivity index (χ0v) is 13.3. The first-order valence-electron chi connectivity index (χ1n) is 5.87. The van der Waals surface area contributed by atoms with Gasteiger partial charge in [0.2, 0.25) is 0 Å². The van der Waals surface area contributed by atoms with Crippen LogP contribution in [-0.2, 0) is 0 Å². The lowest BCUT2D eigenvalue weighted by Gasteiger charge is -2.14. The van der Waals surface area contributed by atoms with E-state index in [-0.39, 0.29) is 10.6 Å². The summed E-state index contributed by atoms with van der Waals surface area (Å²) in [6.07, 6.45) is 0. The molecule has 106 valence electrons. The van der Waals surface area contributed by atoms with Crippen molar-refractivity contribution in [3.05, 3.63) is 58.4 Å². The van der Waals surface area contributed by atoms with E-state index in [1.165, 1.54) is 13.2 Å². The lowest BCUT2D eigenvalue weighted by molar-refractivity contribution is 0.386. The zero-order chi connectivity index (χ0) is 14.7. The van der Waals surface area contributed by atoms with Gasteiger partial charge in [-0.3, -0.25) is 0 Å². The summed E-state index contributed by atoms with van der Waals surface area (Å²) in [5.74, 6) is 0.503. The highest BCUT2D eigenvalue weighted by molar-refractivity contribution is 9.09. The lowest BCUT2D eigenvalue weighted by Crippen LogP contribution is -1.97. The molecule has 0 N–H and O–H groups in total. The Bertz CT molecular complexity index is 619. The summed E-state index contributed by atoms with van der Waals surface area (Å²) in [7, 11) is 3.02. The number of methoxy groups -OCH3 is 2. The number of halogens is 3. The van der Waals surface area contributed by atoms with Crippen molar-refractivity contribution in [3.63, 3.8) is 0 Å². The Morgan fingerprint density at radius 3 is 2.45 bits per heavy atom. The van der Waals surface area contributed by atoms with Gasteiger partial charge in [0.25, 0.3) is 0 Å². The maximum Gasteiger partial charge on any atom is 0.165 e. The predicted octanol–water partition coefficient (Wildman–Crippen LogP) is 4.98. The lowest BCUT2D eigenvalue weighted by atomic mass is 10.0. The van der Waals surface area contributed by atoms with E-state index in [1.54, 1.807) is 25.3 Å². The van der Waals surface area contributed by atoms with Crippen LogP contribution in [0.4, 0.5) is 4.39 Å². The van der Waals surface area contributed by atoms with Crippen LogP contribution in [-0.4, -0.2) is 14.2 Å². The van der Waals surface area contributed by atoms with Gasteiger partial charge in [0, 0.05) is 5.02 Å². The van der Waals surface area contributed by atoms with E-state index in [0.717, 1.165) is 11.1 Å². The standard InChI is InChI=1S/C15H13BrClFO2/c1-19-10-4-5-11(12(17)8-10)15(16)9-3-6-13(18)14(7-9)20-2/h3-8,15H,1-2H3. The maximum atomic E-state index is 13.4. The Hall–Kier alpha value is -1.26. The van der Waals surface area contributed by atoms with Gasteiger partial charge in [-0.2, -0.15) is 0 Å². The third-order valence-corrected chi connectivity index (χ3v) is 4.30. The minimum absolute atomic E-state index is 0.157. The minimum atomic E-state index is -0.392. The normalized spacial score (nSPS) is 12.1. The van der Waals surface area contributed by atoms with Crippen molar-refractivity contribution >= 4 is 27.5 Å². The highest BCUT2D eigenvalue weighted by Crippen LogP contribution is 2.38. The summed E-state index contributed by atoms with van der Waals surface area (Å²) in [6.45, 7) is 0. The van der Waals surface area contributed by atoms with Crippen LogP contribution in [0.25, 0.3) is 0 Å². The first-order valence-corrected chi connectivity index (χ1v) is 7.17. The van der Waals surface area contributed by atoms with Gasteiger partial charge in [-0.15, -0.1) is 0 Å². The third-order valence-electron chi connectivity index (χ3n) is 2.95. The monoisotopic (exact) mass is 358 g/mol. The van der Waals surface area contributed by atoms with E-state index in [9.17, 15) is 4.39 Å². The average Bonchev–Trinajstić information content (AvgIpc) is 2.47. The van der Waals surface area contributed by atoms with Crippen molar-refractivity contribution < 1.29 is 13.9 Å². The molecule has 0 aliphatic rings. The van der Waals surface area contributed by atoms with Gasteiger partial charge >= 0.3 is 0 Å². The summed E-state index contributed by atoms with van der Waals surface area (Å²) >= 11 is 9.82. The molecule has 0 saturated heterocycles. The summed E-state index contributed by atoms with van der Waals surface area (Å²) in [4.78, 5) is -0.157. The molecule has 5 heteroatoms. The molecule has 1 atom stereocenters. The fourth-order valence-corrected chi connectivity index (χ4v) is 2.95. The first kappa shape index (κ1) is 15.1. The second-order valence-corrected chi connectivity index (χ2v) is 5.47. The highest BCUT2D eigenvalue weighted by Gasteiger charge is 2.16. The number of hydrogen-bond donors (Lipinski definition) is 0. The number of benzene rings is 2. The van der Waals surface area contributed by atoms with Gasteiger partial charge in [0.15, 0.2) is 11.6 Å². The SMILES string of the molecule is COc1ccc(C(Br)c2ccc(F)c(OC)c2)c(Cl)c1. The van der Waals surface area contributed by atoms with E-state index in [1.807, 2.05) is 12.1 Å². The van der Waals surface area contributed by atoms with Gasteiger partial charge in [-0.25, -0.2) is 4.39 Å². The Labute approximate surface area is 130 Å². The molecule has 1 unspecified atom stereocenters. The van der Waals surface area contributed by atoms with E-state index < -0.39 is 5.82 Å². The van der Waals surface area contributed by atoms with Crippen molar-refractivity contribution in [2.75, 3.05) is 14.2 Å². The molecule has 0 saturated carbocycles. The van der Waals surface area contributed by atoms with Crippen LogP contribution in [0.15, 0.2) is 36.4 Å². The van der Waals surface area contributed by atoms with Gasteiger partial charge in [0.1, 0.15) is 5.75 Å². The Kier molecular flexibility index (Phi) is 4.89. The molecule has 20 heavy (non-hydrogen) atoms. The van der Waals surface area contributed by atoms with Crippen molar-refractivity contribution in [3.8, 4) is 11.5 Å². The maximum absolute atomic E-state index is 13.4. The second-order valence-electron chi connectivity index (χ2n) is 4.14. The van der Waals surface area contributed by atoms with Crippen LogP contribution in [0.3, 0.4) is 0 Å². The molecule has 2 rings (SSSR count). The topological polar surface area (TPSA) is 18.5 Å². The highest BCUT2D eigenvalue weighted by atomic mass is 79.9. The molecular formula is C15H13BrClFO2. The van der Waals surface area contributed by atoms with E-state index >= 15 is 0 Å². The summed E-state index contributed by atoms with van der Waals surface area (Å²) in [5, 5.41) is 0.578. The summed E-state index contributed by atoms with van der Waals surface area (Å²) < 4.78 is 23.5. The summed E-state index contributed by atoms with van der Waals surface area (Å²) in [6, 6.07) is 10.2. The van der Waals surface area contributed by atoms with Crippen molar-refractivity contribution in [1.82, 2.24) is 0 Å². The second kappa shape index (κ2) is 6.46. The molecule has 0 radical (unpaired) electrons. The number of ether oxygens (including phenoxy) is 2. The molecule has 0 aliphatic carbocycles. The molecule has 2 aromatic rings. The quantitative estimate of drug-likeness (QED) is 0.717. The van der Waals surface area contributed by atoms with Gasteiger partial charge in [-0.05, 0) is 35.4 Å². The summed E-state index contributed by atoms with van der Waals surface area (Å²) in [5.41, 5.74) is 1.73. The number of alkyl halides is 1. The Morgan fingerprint density at radius 2 is 1.85 bits per heavy atom. The predicted molar refractivity (Wildman–Crippen MR) is 81.7 cm³/mol. The van der Waals surface area contributed by atoms with Crippen LogP contribution in [0, 0.1) is 5.82 Å². The van der Waals surface area contributed by atoms with Crippen molar-refractivity contribution in [1.29, 1.82) is 0 Å². The number of rotatable bonds is 4. The number of hydrogen-bond acceptors (Lipinski definition) is 2. The van der Waals surface area contributed by atoms with Crippen LogP contribution in [0.5, 0.6) is 11.5 Å². The zero-order valence-electron chi connectivity index (χ0n) is 11.0. The van der Waals surface area contributed by atoms with Crippen LogP contribution in [0.1, 0.15) is 16.0 Å². The molecule has 2 nitrogen and oxygen atoms in total. The minimum Gasteiger partial charge on any atom is -0.497 e. The Morgan fingerprint density at radius 1 is 1.10 bits per heavy atom. The van der Waals surface area contributed by atoms with Crippen LogP contribution >= 0.6 is 27.5 Å². The largest absolute Gasteiger partial charge is 0.497 e. The molecule has 0 spiro atoms. The molecule has 0 bridgehead atoms. The van der Waals surface area contributed by atoms with Gasteiger partial charge in [-0.1, -0.05) is 39.7 Å². The molecule has 0 fully saturated rings. The molecule has 0 amide bonds. The van der Waals surface area contributed by atoms with Crippen molar-refractivity contribution in [2.45, 2.75) is 4.83 Å². The molecule has 2 aromatic carbocycles. The van der Waals surface area contributed by atoms with Crippen LogP contribution in [0.2, 0.25) is 5.02 Å². The molecule has 0 heterocycles. The van der Waals surface area contributed by atoms with Gasteiger partial charge in [0.05, 0.1) is 19.0 Å². The van der Waals surface area contributed by atoms with E-state index in [0.29, 0.717) is 10.8 Å². The molecular weight excluding hydrogens is 347 g/mol. The first-order chi connectivity index (χ1) is 9.56. The van der Waals surface area contributed by atoms with Crippen LogP contribution < -0.4 is 9.47 Å². The third kappa shape index (κ3) is 3.07. The fourth-order valence-electron chi connectivity index (χ4n) is 1.85. The van der Waals surface area contributed by atoms with Crippen molar-refractivity contribution in [2.24, 2.45) is 0 Å². The van der Waals surface area contributed by atoms with Gasteiger partial charge < -0.3 is 9.47 Å². The van der Waals surface area contributed by atoms with E-state index in [4.69, 9.17) is 21.1 Å². The smallest absolute Gasteiger partial charge is 0.165 e. The average molecular weight is 360 g/mol. The molecule has 0 aliphatic heterocycles. The fraction of sp³-hybridized carbons (Fsp3) is 0.200. The Balaban J connectivity index is 2.38. The molecule has 0 aromatic heterocycles.